The molecule has 0 aromatic heterocycles. The van der Waals surface area contributed by atoms with Crippen molar-refractivity contribution >= 4 is 5.91 Å². The molecule has 0 aliphatic carbocycles. The molecule has 0 saturated carbocycles. The van der Waals surface area contributed by atoms with Gasteiger partial charge in [-0.2, -0.15) is 0 Å². The van der Waals surface area contributed by atoms with Crippen molar-refractivity contribution in [1.29, 1.82) is 0 Å². The summed E-state index contributed by atoms with van der Waals surface area (Å²) in [6.07, 6.45) is 0.221. The van der Waals surface area contributed by atoms with Gasteiger partial charge in [-0.05, 0) is 60.6 Å². The number of carbonyl (C=O) groups excluding carboxylic acids is 1. The van der Waals surface area contributed by atoms with E-state index in [1.165, 1.54) is 5.56 Å². The van der Waals surface area contributed by atoms with Gasteiger partial charge < -0.3 is 14.8 Å². The zero-order valence-corrected chi connectivity index (χ0v) is 18.1. The third kappa shape index (κ3) is 5.51. The molecule has 0 aliphatic rings. The minimum atomic E-state index is -0.575. The molecular formula is C24H33NO3. The fraction of sp³-hybridized carbons (Fsp3) is 0.458. The van der Waals surface area contributed by atoms with Crippen LogP contribution in [0.5, 0.6) is 11.5 Å². The standard InChI is InChI=1S/C24H33NO3/c1-8-21(18-9-14-22(27-7)16(2)15-18)25-23(26)17(3)28-20-12-10-19(11-13-20)24(4,5)6/h9-15,17,21H,8H2,1-7H3,(H,25,26)/t17-,21-/m0/s1. The normalized spacial score (nSPS) is 13.5. The lowest BCUT2D eigenvalue weighted by Crippen LogP contribution is -2.38. The largest absolute Gasteiger partial charge is 0.496 e. The summed E-state index contributed by atoms with van der Waals surface area (Å²) in [5.74, 6) is 1.42. The predicted octanol–water partition coefficient (Wildman–Crippen LogP) is 5.34. The van der Waals surface area contributed by atoms with Crippen LogP contribution in [0.3, 0.4) is 0 Å². The summed E-state index contributed by atoms with van der Waals surface area (Å²) in [6, 6.07) is 13.9. The molecular weight excluding hydrogens is 350 g/mol. The minimum Gasteiger partial charge on any atom is -0.496 e. The number of benzene rings is 2. The molecule has 0 bridgehead atoms. The Morgan fingerprint density at radius 1 is 1.11 bits per heavy atom. The van der Waals surface area contributed by atoms with E-state index in [-0.39, 0.29) is 17.4 Å². The molecule has 0 heterocycles. The number of rotatable bonds is 7. The molecule has 28 heavy (non-hydrogen) atoms. The molecule has 1 amide bonds. The molecule has 0 unspecified atom stereocenters. The highest BCUT2D eigenvalue weighted by atomic mass is 16.5. The van der Waals surface area contributed by atoms with Crippen LogP contribution in [0.15, 0.2) is 42.5 Å². The van der Waals surface area contributed by atoms with E-state index in [0.717, 1.165) is 23.3 Å². The molecule has 0 fully saturated rings. The van der Waals surface area contributed by atoms with Crippen LogP contribution < -0.4 is 14.8 Å². The Morgan fingerprint density at radius 2 is 1.75 bits per heavy atom. The summed E-state index contributed by atoms with van der Waals surface area (Å²) < 4.78 is 11.2. The number of nitrogens with one attached hydrogen (secondary N) is 1. The number of methoxy groups -OCH3 is 1. The van der Waals surface area contributed by atoms with Gasteiger partial charge in [-0.15, -0.1) is 0 Å². The Labute approximate surface area is 169 Å². The van der Waals surface area contributed by atoms with Crippen molar-refractivity contribution in [2.75, 3.05) is 7.11 Å². The quantitative estimate of drug-likeness (QED) is 0.702. The maximum atomic E-state index is 12.7. The highest BCUT2D eigenvalue weighted by Gasteiger charge is 2.20. The number of aryl methyl sites for hydroxylation is 1. The Balaban J connectivity index is 2.02. The second-order valence-corrected chi connectivity index (χ2v) is 8.23. The zero-order valence-electron chi connectivity index (χ0n) is 18.1. The minimum absolute atomic E-state index is 0.0635. The van der Waals surface area contributed by atoms with Crippen LogP contribution in [0.2, 0.25) is 0 Å². The predicted molar refractivity (Wildman–Crippen MR) is 114 cm³/mol. The highest BCUT2D eigenvalue weighted by Crippen LogP contribution is 2.26. The van der Waals surface area contributed by atoms with Crippen molar-refractivity contribution in [3.63, 3.8) is 0 Å². The first-order valence-corrected chi connectivity index (χ1v) is 9.87. The number of hydrogen-bond donors (Lipinski definition) is 1. The van der Waals surface area contributed by atoms with Gasteiger partial charge in [0.1, 0.15) is 11.5 Å². The SMILES string of the molecule is CC[C@H](NC(=O)[C@H](C)Oc1ccc(C(C)(C)C)cc1)c1ccc(OC)c(C)c1. The summed E-state index contributed by atoms with van der Waals surface area (Å²) in [5.41, 5.74) is 3.44. The molecule has 1 N–H and O–H groups in total. The van der Waals surface area contributed by atoms with E-state index in [9.17, 15) is 4.79 Å². The van der Waals surface area contributed by atoms with Crippen LogP contribution in [-0.2, 0) is 10.2 Å². The molecule has 152 valence electrons. The lowest BCUT2D eigenvalue weighted by molar-refractivity contribution is -0.128. The van der Waals surface area contributed by atoms with Crippen molar-refractivity contribution in [2.24, 2.45) is 0 Å². The van der Waals surface area contributed by atoms with Gasteiger partial charge in [0, 0.05) is 0 Å². The molecule has 2 rings (SSSR count). The van der Waals surface area contributed by atoms with Gasteiger partial charge in [-0.3, -0.25) is 4.79 Å². The smallest absolute Gasteiger partial charge is 0.261 e. The lowest BCUT2D eigenvalue weighted by atomic mass is 9.87. The Kier molecular flexibility index (Phi) is 7.11. The number of carbonyl (C=O) groups is 1. The van der Waals surface area contributed by atoms with Gasteiger partial charge in [0.15, 0.2) is 6.10 Å². The van der Waals surface area contributed by atoms with Gasteiger partial charge in [0.05, 0.1) is 13.2 Å². The van der Waals surface area contributed by atoms with Crippen molar-refractivity contribution in [3.8, 4) is 11.5 Å². The molecule has 0 aliphatic heterocycles. The third-order valence-electron chi connectivity index (χ3n) is 4.95. The number of hydrogen-bond acceptors (Lipinski definition) is 3. The van der Waals surface area contributed by atoms with Gasteiger partial charge in [-0.25, -0.2) is 0 Å². The van der Waals surface area contributed by atoms with E-state index in [1.807, 2.05) is 31.2 Å². The first-order valence-electron chi connectivity index (χ1n) is 9.87. The zero-order chi connectivity index (χ0) is 20.9. The van der Waals surface area contributed by atoms with Crippen molar-refractivity contribution in [1.82, 2.24) is 5.32 Å². The molecule has 0 radical (unpaired) electrons. The fourth-order valence-electron chi connectivity index (χ4n) is 3.12. The molecule has 4 nitrogen and oxygen atoms in total. The van der Waals surface area contributed by atoms with Crippen molar-refractivity contribution in [2.45, 2.75) is 65.5 Å². The number of amides is 1. The van der Waals surface area contributed by atoms with Crippen LogP contribution in [0.25, 0.3) is 0 Å². The summed E-state index contributed by atoms with van der Waals surface area (Å²) in [5, 5.41) is 3.10. The van der Waals surface area contributed by atoms with Crippen molar-refractivity contribution < 1.29 is 14.3 Å². The van der Waals surface area contributed by atoms with Crippen LogP contribution in [0, 0.1) is 6.92 Å². The second kappa shape index (κ2) is 9.13. The van der Waals surface area contributed by atoms with Crippen LogP contribution >= 0.6 is 0 Å². The van der Waals surface area contributed by atoms with Crippen LogP contribution in [0.1, 0.15) is 63.8 Å². The Hall–Kier alpha value is -2.49. The average Bonchev–Trinajstić information content (AvgIpc) is 2.65. The van der Waals surface area contributed by atoms with Gasteiger partial charge >= 0.3 is 0 Å². The third-order valence-corrected chi connectivity index (χ3v) is 4.95. The lowest BCUT2D eigenvalue weighted by Gasteiger charge is -2.22. The topological polar surface area (TPSA) is 47.6 Å². The van der Waals surface area contributed by atoms with Gasteiger partial charge in [-0.1, -0.05) is 52.0 Å². The van der Waals surface area contributed by atoms with Crippen LogP contribution in [0.4, 0.5) is 0 Å². The van der Waals surface area contributed by atoms with E-state index >= 15 is 0 Å². The van der Waals surface area contributed by atoms with Crippen molar-refractivity contribution in [3.05, 3.63) is 59.2 Å². The Morgan fingerprint density at radius 3 is 2.25 bits per heavy atom. The average molecular weight is 384 g/mol. The van der Waals surface area contributed by atoms with Gasteiger partial charge in [0.2, 0.25) is 0 Å². The van der Waals surface area contributed by atoms with E-state index in [0.29, 0.717) is 5.75 Å². The Bertz CT molecular complexity index is 790. The molecule has 2 aromatic carbocycles. The molecule has 2 atom stereocenters. The molecule has 0 saturated heterocycles. The summed E-state index contributed by atoms with van der Waals surface area (Å²) in [6.45, 7) is 12.4. The highest BCUT2D eigenvalue weighted by molar-refractivity contribution is 5.81. The first-order chi connectivity index (χ1) is 13.2. The maximum absolute atomic E-state index is 12.7. The monoisotopic (exact) mass is 383 g/mol. The van der Waals surface area contributed by atoms with E-state index < -0.39 is 6.10 Å². The second-order valence-electron chi connectivity index (χ2n) is 8.23. The maximum Gasteiger partial charge on any atom is 0.261 e. The number of ether oxygens (including phenoxy) is 2. The molecule has 2 aromatic rings. The van der Waals surface area contributed by atoms with E-state index in [2.05, 4.69) is 51.2 Å². The summed E-state index contributed by atoms with van der Waals surface area (Å²) in [4.78, 5) is 12.7. The van der Waals surface area contributed by atoms with Crippen LogP contribution in [-0.4, -0.2) is 19.1 Å². The molecule has 4 heteroatoms. The summed E-state index contributed by atoms with van der Waals surface area (Å²) in [7, 11) is 1.66. The van der Waals surface area contributed by atoms with E-state index in [1.54, 1.807) is 14.0 Å². The summed E-state index contributed by atoms with van der Waals surface area (Å²) >= 11 is 0. The fourth-order valence-corrected chi connectivity index (χ4v) is 3.12. The first kappa shape index (κ1) is 21.8. The van der Waals surface area contributed by atoms with E-state index in [4.69, 9.17) is 9.47 Å². The molecule has 0 spiro atoms. The van der Waals surface area contributed by atoms with Gasteiger partial charge in [0.25, 0.3) is 5.91 Å².